The third kappa shape index (κ3) is 3.27. The molecule has 0 spiro atoms. The van der Waals surface area contributed by atoms with Gasteiger partial charge in [0.15, 0.2) is 0 Å². The molecular formula is C11H13ClN2S2. The van der Waals surface area contributed by atoms with Gasteiger partial charge in [-0.1, -0.05) is 0 Å². The van der Waals surface area contributed by atoms with Gasteiger partial charge in [-0.05, 0) is 19.8 Å². The van der Waals surface area contributed by atoms with Crippen LogP contribution in [0.15, 0.2) is 10.8 Å². The van der Waals surface area contributed by atoms with Crippen LogP contribution in [0.25, 0.3) is 0 Å². The Hall–Kier alpha value is -0.450. The van der Waals surface area contributed by atoms with Crippen LogP contribution < -0.4 is 0 Å². The van der Waals surface area contributed by atoms with E-state index in [4.69, 9.17) is 11.6 Å². The molecule has 2 aromatic rings. The van der Waals surface area contributed by atoms with Crippen LogP contribution in [0.1, 0.15) is 27.8 Å². The van der Waals surface area contributed by atoms with Gasteiger partial charge in [0.2, 0.25) is 0 Å². The van der Waals surface area contributed by atoms with Gasteiger partial charge in [-0.3, -0.25) is 0 Å². The number of thiazole rings is 2. The number of halogens is 1. The first kappa shape index (κ1) is 12.0. The van der Waals surface area contributed by atoms with Crippen molar-refractivity contribution in [1.82, 2.24) is 9.97 Å². The molecule has 0 fully saturated rings. The zero-order valence-corrected chi connectivity index (χ0v) is 11.5. The molecule has 0 saturated carbocycles. The van der Waals surface area contributed by atoms with E-state index in [9.17, 15) is 0 Å². The first-order valence-electron chi connectivity index (χ1n) is 5.18. The number of hydrogen-bond acceptors (Lipinski definition) is 4. The van der Waals surface area contributed by atoms with E-state index in [0.29, 0.717) is 5.88 Å². The molecule has 2 rings (SSSR count). The Balaban J connectivity index is 1.97. The number of aromatic nitrogens is 2. The Labute approximate surface area is 108 Å². The molecule has 5 heteroatoms. The van der Waals surface area contributed by atoms with Crippen molar-refractivity contribution in [3.63, 3.8) is 0 Å². The smallest absolute Gasteiger partial charge is 0.0996 e. The normalized spacial score (nSPS) is 10.9. The van der Waals surface area contributed by atoms with Crippen molar-refractivity contribution in [3.8, 4) is 0 Å². The first-order valence-corrected chi connectivity index (χ1v) is 7.47. The van der Waals surface area contributed by atoms with Crippen LogP contribution in [-0.2, 0) is 12.8 Å². The minimum atomic E-state index is 0.707. The standard InChI is InChI=1S/C11H13ClN2S2/c1-8-6-15-10(13-8)5-11-14-9(7-16-11)3-2-4-12/h6-7H,2-5H2,1H3. The molecular weight excluding hydrogens is 260 g/mol. The number of aryl methyl sites for hydroxylation is 2. The summed E-state index contributed by atoms with van der Waals surface area (Å²) in [4.78, 5) is 9.02. The first-order chi connectivity index (χ1) is 7.78. The summed E-state index contributed by atoms with van der Waals surface area (Å²) in [5.41, 5.74) is 2.26. The van der Waals surface area contributed by atoms with Gasteiger partial charge in [0.05, 0.1) is 22.1 Å². The number of rotatable bonds is 5. The van der Waals surface area contributed by atoms with Crippen molar-refractivity contribution in [3.05, 3.63) is 32.2 Å². The average molecular weight is 273 g/mol. The van der Waals surface area contributed by atoms with Gasteiger partial charge < -0.3 is 0 Å². The fraction of sp³-hybridized carbons (Fsp3) is 0.455. The van der Waals surface area contributed by atoms with Crippen LogP contribution >= 0.6 is 34.3 Å². The molecule has 0 saturated heterocycles. The van der Waals surface area contributed by atoms with Gasteiger partial charge in [-0.2, -0.15) is 0 Å². The highest BCUT2D eigenvalue weighted by molar-refractivity contribution is 7.11. The lowest BCUT2D eigenvalue weighted by atomic mass is 10.3. The summed E-state index contributed by atoms with van der Waals surface area (Å²) in [6.45, 7) is 2.02. The van der Waals surface area contributed by atoms with E-state index in [0.717, 1.165) is 40.7 Å². The van der Waals surface area contributed by atoms with Crippen molar-refractivity contribution in [1.29, 1.82) is 0 Å². The van der Waals surface area contributed by atoms with Crippen LogP contribution in [0, 0.1) is 6.92 Å². The van der Waals surface area contributed by atoms with Gasteiger partial charge >= 0.3 is 0 Å². The maximum atomic E-state index is 5.66. The molecule has 0 radical (unpaired) electrons. The quantitative estimate of drug-likeness (QED) is 0.776. The molecule has 86 valence electrons. The minimum Gasteiger partial charge on any atom is -0.246 e. The lowest BCUT2D eigenvalue weighted by Gasteiger charge is -1.92. The minimum absolute atomic E-state index is 0.707. The third-order valence-corrected chi connectivity index (χ3v) is 4.27. The predicted octanol–water partition coefficient (Wildman–Crippen LogP) is 3.67. The van der Waals surface area contributed by atoms with Crippen LogP contribution in [-0.4, -0.2) is 15.8 Å². The predicted molar refractivity (Wildman–Crippen MR) is 70.8 cm³/mol. The molecule has 0 unspecified atom stereocenters. The van der Waals surface area contributed by atoms with E-state index < -0.39 is 0 Å². The summed E-state index contributed by atoms with van der Waals surface area (Å²) in [6, 6.07) is 0. The molecule has 0 N–H and O–H groups in total. The molecule has 2 nitrogen and oxygen atoms in total. The number of alkyl halides is 1. The molecule has 0 aliphatic rings. The summed E-state index contributed by atoms with van der Waals surface area (Å²) < 4.78 is 0. The van der Waals surface area contributed by atoms with Crippen molar-refractivity contribution in [2.45, 2.75) is 26.2 Å². The van der Waals surface area contributed by atoms with Gasteiger partial charge in [0, 0.05) is 22.3 Å². The van der Waals surface area contributed by atoms with Crippen molar-refractivity contribution < 1.29 is 0 Å². The van der Waals surface area contributed by atoms with Gasteiger partial charge in [0.1, 0.15) is 0 Å². The highest BCUT2D eigenvalue weighted by Gasteiger charge is 2.05. The Bertz CT molecular complexity index is 450. The molecule has 16 heavy (non-hydrogen) atoms. The molecule has 2 aromatic heterocycles. The monoisotopic (exact) mass is 272 g/mol. The highest BCUT2D eigenvalue weighted by atomic mass is 35.5. The lowest BCUT2D eigenvalue weighted by Crippen LogP contribution is -1.90. The van der Waals surface area contributed by atoms with E-state index in [-0.39, 0.29) is 0 Å². The molecule has 0 aromatic carbocycles. The molecule has 0 aliphatic carbocycles. The van der Waals surface area contributed by atoms with Crippen molar-refractivity contribution in [2.24, 2.45) is 0 Å². The van der Waals surface area contributed by atoms with Crippen molar-refractivity contribution in [2.75, 3.05) is 5.88 Å². The molecule has 2 heterocycles. The Morgan fingerprint density at radius 2 is 1.94 bits per heavy atom. The molecule has 0 bridgehead atoms. The fourth-order valence-electron chi connectivity index (χ4n) is 1.41. The lowest BCUT2D eigenvalue weighted by molar-refractivity contribution is 0.888. The zero-order valence-electron chi connectivity index (χ0n) is 9.07. The summed E-state index contributed by atoms with van der Waals surface area (Å²) in [5.74, 6) is 0.707. The van der Waals surface area contributed by atoms with Crippen LogP contribution in [0.3, 0.4) is 0 Å². The topological polar surface area (TPSA) is 25.8 Å². The van der Waals surface area contributed by atoms with E-state index in [1.807, 2.05) is 6.92 Å². The highest BCUT2D eigenvalue weighted by Crippen LogP contribution is 2.18. The number of hydrogen-bond donors (Lipinski definition) is 0. The van der Waals surface area contributed by atoms with Crippen LogP contribution in [0.2, 0.25) is 0 Å². The summed E-state index contributed by atoms with van der Waals surface area (Å²) in [5, 5.41) is 6.51. The largest absolute Gasteiger partial charge is 0.246 e. The number of nitrogens with zero attached hydrogens (tertiary/aromatic N) is 2. The Morgan fingerprint density at radius 3 is 2.62 bits per heavy atom. The van der Waals surface area contributed by atoms with E-state index in [2.05, 4.69) is 20.7 Å². The molecule has 0 aliphatic heterocycles. The fourth-order valence-corrected chi connectivity index (χ4v) is 3.24. The van der Waals surface area contributed by atoms with Gasteiger partial charge in [-0.15, -0.1) is 34.3 Å². The Morgan fingerprint density at radius 1 is 1.19 bits per heavy atom. The third-order valence-electron chi connectivity index (χ3n) is 2.13. The second-order valence-electron chi connectivity index (χ2n) is 3.58. The van der Waals surface area contributed by atoms with Gasteiger partial charge in [-0.25, -0.2) is 9.97 Å². The average Bonchev–Trinajstić information content (AvgIpc) is 2.86. The molecule has 0 atom stereocenters. The SMILES string of the molecule is Cc1csc(Cc2nc(CCCCl)cs2)n1. The summed E-state index contributed by atoms with van der Waals surface area (Å²) >= 11 is 9.08. The Kier molecular flexibility index (Phi) is 4.32. The van der Waals surface area contributed by atoms with E-state index >= 15 is 0 Å². The maximum absolute atomic E-state index is 5.66. The maximum Gasteiger partial charge on any atom is 0.0996 e. The zero-order chi connectivity index (χ0) is 11.4. The van der Waals surface area contributed by atoms with E-state index in [1.165, 1.54) is 0 Å². The molecule has 0 amide bonds. The second kappa shape index (κ2) is 5.75. The van der Waals surface area contributed by atoms with Crippen LogP contribution in [0.5, 0.6) is 0 Å². The second-order valence-corrected chi connectivity index (χ2v) is 5.85. The van der Waals surface area contributed by atoms with Crippen molar-refractivity contribution >= 4 is 34.3 Å². The summed E-state index contributed by atoms with van der Waals surface area (Å²) in [7, 11) is 0. The van der Waals surface area contributed by atoms with Crippen LogP contribution in [0.4, 0.5) is 0 Å². The summed E-state index contributed by atoms with van der Waals surface area (Å²) in [6.07, 6.45) is 2.85. The van der Waals surface area contributed by atoms with Gasteiger partial charge in [0.25, 0.3) is 0 Å². The van der Waals surface area contributed by atoms with E-state index in [1.54, 1.807) is 22.7 Å².